The first-order valence-electron chi connectivity index (χ1n) is 7.38. The van der Waals surface area contributed by atoms with Crippen molar-refractivity contribution >= 4 is 11.0 Å². The molecule has 2 N–H and O–H groups in total. The number of benzene rings is 1. The lowest BCUT2D eigenvalue weighted by Gasteiger charge is -2.20. The van der Waals surface area contributed by atoms with Gasteiger partial charge in [-0.3, -0.25) is 0 Å². The van der Waals surface area contributed by atoms with Crippen LogP contribution in [0, 0.1) is 17.8 Å². The Bertz CT molecular complexity index is 605. The van der Waals surface area contributed by atoms with Crippen molar-refractivity contribution in [2.45, 2.75) is 31.7 Å². The molecule has 2 aromatic rings. The van der Waals surface area contributed by atoms with Crippen molar-refractivity contribution in [1.82, 2.24) is 9.55 Å². The van der Waals surface area contributed by atoms with Gasteiger partial charge in [0.2, 0.25) is 0 Å². The monoisotopic (exact) mass is 255 g/mol. The van der Waals surface area contributed by atoms with Gasteiger partial charge in [0.15, 0.2) is 0 Å². The summed E-state index contributed by atoms with van der Waals surface area (Å²) < 4.78 is 2.20. The van der Waals surface area contributed by atoms with Gasteiger partial charge in [0, 0.05) is 19.5 Å². The smallest absolute Gasteiger partial charge is 0.111 e. The molecule has 0 spiro atoms. The minimum Gasteiger partial charge on any atom is -0.331 e. The molecular weight excluding hydrogens is 234 g/mol. The average molecular weight is 255 g/mol. The van der Waals surface area contributed by atoms with Crippen molar-refractivity contribution in [3.63, 3.8) is 0 Å². The Morgan fingerprint density at radius 2 is 2.00 bits per heavy atom. The van der Waals surface area contributed by atoms with Gasteiger partial charge in [-0.05, 0) is 49.1 Å². The molecule has 1 aromatic heterocycles. The summed E-state index contributed by atoms with van der Waals surface area (Å²) in [5.41, 5.74) is 8.72. The Morgan fingerprint density at radius 3 is 2.74 bits per heavy atom. The topological polar surface area (TPSA) is 43.8 Å². The fourth-order valence-corrected chi connectivity index (χ4v) is 3.87. The van der Waals surface area contributed by atoms with Crippen molar-refractivity contribution in [3.05, 3.63) is 30.1 Å². The van der Waals surface area contributed by atoms with Crippen LogP contribution in [0.5, 0.6) is 0 Å². The van der Waals surface area contributed by atoms with E-state index in [9.17, 15) is 0 Å². The summed E-state index contributed by atoms with van der Waals surface area (Å²) >= 11 is 0. The summed E-state index contributed by atoms with van der Waals surface area (Å²) in [5.74, 6) is 3.88. The van der Waals surface area contributed by atoms with Crippen molar-refractivity contribution in [2.24, 2.45) is 30.5 Å². The minimum atomic E-state index is 0.281. The van der Waals surface area contributed by atoms with Crippen LogP contribution in [0.15, 0.2) is 24.3 Å². The van der Waals surface area contributed by atoms with Crippen LogP contribution in [-0.2, 0) is 13.5 Å². The number of rotatable bonds is 3. The van der Waals surface area contributed by atoms with Crippen LogP contribution in [0.4, 0.5) is 0 Å². The standard InChI is InChI=1S/C16H21N3/c1-19-15-5-3-2-4-14(15)18-16(19)9-13(17)12-7-10-6-11(10)8-12/h2-5,10-13H,6-9,17H2,1H3. The summed E-state index contributed by atoms with van der Waals surface area (Å²) in [5, 5.41) is 0. The average Bonchev–Trinajstić information content (AvgIpc) is 2.90. The molecule has 3 atom stereocenters. The summed E-state index contributed by atoms with van der Waals surface area (Å²) in [6.07, 6.45) is 5.09. The number of nitrogens with zero attached hydrogens (tertiary/aromatic N) is 2. The summed E-state index contributed by atoms with van der Waals surface area (Å²) in [6.45, 7) is 0. The van der Waals surface area contributed by atoms with Gasteiger partial charge in [-0.25, -0.2) is 4.98 Å². The van der Waals surface area contributed by atoms with E-state index in [-0.39, 0.29) is 6.04 Å². The molecule has 4 rings (SSSR count). The van der Waals surface area contributed by atoms with E-state index in [1.807, 2.05) is 6.07 Å². The van der Waals surface area contributed by atoms with Crippen LogP contribution in [0.25, 0.3) is 11.0 Å². The number of hydrogen-bond acceptors (Lipinski definition) is 2. The van der Waals surface area contributed by atoms with Crippen LogP contribution < -0.4 is 5.73 Å². The van der Waals surface area contributed by atoms with Crippen molar-refractivity contribution in [2.75, 3.05) is 0 Å². The maximum absolute atomic E-state index is 6.43. The zero-order chi connectivity index (χ0) is 13.0. The highest BCUT2D eigenvalue weighted by Crippen LogP contribution is 2.55. The lowest BCUT2D eigenvalue weighted by molar-refractivity contribution is 0.386. The van der Waals surface area contributed by atoms with E-state index in [2.05, 4.69) is 29.8 Å². The Kier molecular flexibility index (Phi) is 2.46. The van der Waals surface area contributed by atoms with Crippen LogP contribution in [-0.4, -0.2) is 15.6 Å². The van der Waals surface area contributed by atoms with Crippen LogP contribution in [0.2, 0.25) is 0 Å². The number of aryl methyl sites for hydroxylation is 1. The second kappa shape index (κ2) is 4.07. The van der Waals surface area contributed by atoms with Gasteiger partial charge < -0.3 is 10.3 Å². The number of aromatic nitrogens is 2. The number of imidazole rings is 1. The maximum atomic E-state index is 6.43. The lowest BCUT2D eigenvalue weighted by Crippen LogP contribution is -2.32. The van der Waals surface area contributed by atoms with Crippen LogP contribution >= 0.6 is 0 Å². The van der Waals surface area contributed by atoms with E-state index in [1.165, 1.54) is 24.8 Å². The van der Waals surface area contributed by atoms with Gasteiger partial charge in [-0.2, -0.15) is 0 Å². The second-order valence-electron chi connectivity index (χ2n) is 6.43. The first-order valence-corrected chi connectivity index (χ1v) is 7.38. The van der Waals surface area contributed by atoms with Gasteiger partial charge in [-0.1, -0.05) is 12.1 Å². The molecule has 3 nitrogen and oxygen atoms in total. The second-order valence-corrected chi connectivity index (χ2v) is 6.43. The van der Waals surface area contributed by atoms with Gasteiger partial charge in [0.25, 0.3) is 0 Å². The van der Waals surface area contributed by atoms with Crippen LogP contribution in [0.3, 0.4) is 0 Å². The Labute approximate surface area is 113 Å². The van der Waals surface area contributed by atoms with E-state index < -0.39 is 0 Å². The highest BCUT2D eigenvalue weighted by molar-refractivity contribution is 5.75. The molecule has 0 aliphatic heterocycles. The van der Waals surface area contributed by atoms with E-state index in [0.29, 0.717) is 0 Å². The molecule has 0 amide bonds. The SMILES string of the molecule is Cn1c(CC(N)C2CC3CC3C2)nc2ccccc21. The molecule has 1 heterocycles. The Balaban J connectivity index is 1.55. The number of para-hydroxylation sites is 2. The number of hydrogen-bond donors (Lipinski definition) is 1. The number of fused-ring (bicyclic) bond motifs is 2. The normalized spacial score (nSPS) is 30.5. The van der Waals surface area contributed by atoms with Crippen molar-refractivity contribution in [3.8, 4) is 0 Å². The van der Waals surface area contributed by atoms with E-state index in [0.717, 1.165) is 35.5 Å². The molecule has 1 aromatic carbocycles. The third kappa shape index (κ3) is 1.88. The van der Waals surface area contributed by atoms with Crippen molar-refractivity contribution in [1.29, 1.82) is 0 Å². The Hall–Kier alpha value is -1.35. The van der Waals surface area contributed by atoms with Gasteiger partial charge in [0.05, 0.1) is 11.0 Å². The molecular formula is C16H21N3. The first-order chi connectivity index (χ1) is 9.22. The molecule has 0 bridgehead atoms. The Morgan fingerprint density at radius 1 is 1.26 bits per heavy atom. The van der Waals surface area contributed by atoms with Crippen molar-refractivity contribution < 1.29 is 0 Å². The van der Waals surface area contributed by atoms with Gasteiger partial charge in [0.1, 0.15) is 5.82 Å². The van der Waals surface area contributed by atoms with E-state index in [4.69, 9.17) is 10.7 Å². The zero-order valence-corrected chi connectivity index (χ0v) is 11.4. The predicted molar refractivity (Wildman–Crippen MR) is 76.7 cm³/mol. The highest BCUT2D eigenvalue weighted by Gasteiger charge is 2.47. The summed E-state index contributed by atoms with van der Waals surface area (Å²) in [7, 11) is 2.10. The predicted octanol–water partition coefficient (Wildman–Crippen LogP) is 2.49. The lowest BCUT2D eigenvalue weighted by atomic mass is 9.93. The molecule has 3 heteroatoms. The molecule has 19 heavy (non-hydrogen) atoms. The third-order valence-corrected chi connectivity index (χ3v) is 5.18. The third-order valence-electron chi connectivity index (χ3n) is 5.18. The van der Waals surface area contributed by atoms with Gasteiger partial charge in [-0.15, -0.1) is 0 Å². The molecule has 2 aliphatic rings. The molecule has 2 fully saturated rings. The quantitative estimate of drug-likeness (QED) is 0.915. The van der Waals surface area contributed by atoms with Gasteiger partial charge >= 0.3 is 0 Å². The van der Waals surface area contributed by atoms with E-state index >= 15 is 0 Å². The fourth-order valence-electron chi connectivity index (χ4n) is 3.87. The molecule has 0 saturated heterocycles. The summed E-state index contributed by atoms with van der Waals surface area (Å²) in [6, 6.07) is 8.60. The highest BCUT2D eigenvalue weighted by atomic mass is 15.1. The van der Waals surface area contributed by atoms with E-state index in [1.54, 1.807) is 0 Å². The van der Waals surface area contributed by atoms with Crippen LogP contribution in [0.1, 0.15) is 25.1 Å². The molecule has 2 saturated carbocycles. The largest absolute Gasteiger partial charge is 0.331 e. The first kappa shape index (κ1) is 11.5. The molecule has 100 valence electrons. The maximum Gasteiger partial charge on any atom is 0.111 e. The summed E-state index contributed by atoms with van der Waals surface area (Å²) in [4.78, 5) is 4.74. The molecule has 2 aliphatic carbocycles. The minimum absolute atomic E-state index is 0.281. The number of nitrogens with two attached hydrogens (primary N) is 1. The molecule has 0 radical (unpaired) electrons. The molecule has 3 unspecified atom stereocenters. The fraction of sp³-hybridized carbons (Fsp3) is 0.562. The zero-order valence-electron chi connectivity index (χ0n) is 11.4.